The maximum atomic E-state index is 12.4. The molecule has 5 heteroatoms. The van der Waals surface area contributed by atoms with Crippen LogP contribution in [0, 0.1) is 12.8 Å². The Bertz CT molecular complexity index is 678. The van der Waals surface area contributed by atoms with Crippen molar-refractivity contribution in [1.29, 1.82) is 0 Å². The van der Waals surface area contributed by atoms with Crippen molar-refractivity contribution in [2.75, 3.05) is 7.11 Å². The summed E-state index contributed by atoms with van der Waals surface area (Å²) >= 11 is 0. The number of carbonyl (C=O) groups is 1. The van der Waals surface area contributed by atoms with Crippen LogP contribution in [-0.2, 0) is 24.2 Å². The third-order valence-corrected chi connectivity index (χ3v) is 4.18. The van der Waals surface area contributed by atoms with E-state index in [4.69, 9.17) is 4.74 Å². The maximum absolute atomic E-state index is 12.4. The Morgan fingerprint density at radius 3 is 3.09 bits per heavy atom. The van der Waals surface area contributed by atoms with Crippen molar-refractivity contribution in [1.82, 2.24) is 15.3 Å². The molecule has 5 nitrogen and oxygen atoms in total. The van der Waals surface area contributed by atoms with Gasteiger partial charge in [0.15, 0.2) is 0 Å². The summed E-state index contributed by atoms with van der Waals surface area (Å²) in [6.07, 6.45) is 2.47. The number of hydrogen-bond donors (Lipinski definition) is 2. The topological polar surface area (TPSA) is 67.0 Å². The van der Waals surface area contributed by atoms with Gasteiger partial charge in [-0.25, -0.2) is 4.98 Å². The molecule has 0 aliphatic heterocycles. The number of aromatic nitrogens is 2. The van der Waals surface area contributed by atoms with Crippen molar-refractivity contribution < 1.29 is 9.53 Å². The minimum atomic E-state index is 0.0158. The van der Waals surface area contributed by atoms with Gasteiger partial charge in [-0.1, -0.05) is 18.2 Å². The van der Waals surface area contributed by atoms with Crippen molar-refractivity contribution >= 4 is 5.91 Å². The molecule has 3 rings (SSSR count). The number of hydrogen-bond acceptors (Lipinski definition) is 3. The maximum Gasteiger partial charge on any atom is 0.223 e. The number of amides is 1. The highest BCUT2D eigenvalue weighted by atomic mass is 16.5. The van der Waals surface area contributed by atoms with E-state index in [2.05, 4.69) is 15.3 Å². The molecule has 1 aromatic carbocycles. The quantitative estimate of drug-likeness (QED) is 0.909. The summed E-state index contributed by atoms with van der Waals surface area (Å²) in [6.45, 7) is 2.45. The molecule has 1 aliphatic carbocycles. The van der Waals surface area contributed by atoms with Crippen molar-refractivity contribution in [2.24, 2.45) is 5.92 Å². The lowest BCUT2D eigenvalue weighted by molar-refractivity contribution is -0.125. The fourth-order valence-corrected chi connectivity index (χ4v) is 3.02. The Balaban J connectivity index is 1.61. The van der Waals surface area contributed by atoms with Crippen molar-refractivity contribution in [3.8, 4) is 5.75 Å². The summed E-state index contributed by atoms with van der Waals surface area (Å²) in [4.78, 5) is 20.1. The van der Waals surface area contributed by atoms with Gasteiger partial charge in [-0.15, -0.1) is 0 Å². The molecule has 2 aromatic rings. The Kier molecular flexibility index (Phi) is 4.13. The number of nitrogens with zero attached hydrogens (tertiary/aromatic N) is 1. The van der Waals surface area contributed by atoms with E-state index in [1.807, 2.05) is 31.2 Å². The van der Waals surface area contributed by atoms with Gasteiger partial charge in [-0.3, -0.25) is 4.79 Å². The molecule has 0 fully saturated rings. The molecule has 1 aliphatic rings. The lowest BCUT2D eigenvalue weighted by Crippen LogP contribution is -2.33. The number of nitrogens with one attached hydrogen (secondary N) is 2. The number of methoxy groups -OCH3 is 1. The third-order valence-electron chi connectivity index (χ3n) is 4.18. The zero-order chi connectivity index (χ0) is 15.5. The standard InChI is InChI=1S/C17H21N3O2/c1-11-19-14-8-7-12(9-15(14)20-11)17(21)18-10-13-5-3-4-6-16(13)22-2/h3-6,12H,7-10H2,1-2H3,(H,18,21)(H,19,20). The summed E-state index contributed by atoms with van der Waals surface area (Å²) in [6, 6.07) is 7.75. The van der Waals surface area contributed by atoms with Crippen LogP contribution in [-0.4, -0.2) is 23.0 Å². The molecule has 22 heavy (non-hydrogen) atoms. The van der Waals surface area contributed by atoms with Gasteiger partial charge in [0.05, 0.1) is 12.8 Å². The summed E-state index contributed by atoms with van der Waals surface area (Å²) in [5.41, 5.74) is 3.22. The summed E-state index contributed by atoms with van der Waals surface area (Å²) < 4.78 is 5.31. The molecule has 0 spiro atoms. The van der Waals surface area contributed by atoms with Gasteiger partial charge < -0.3 is 15.0 Å². The molecule has 2 N–H and O–H groups in total. The molecule has 0 bridgehead atoms. The van der Waals surface area contributed by atoms with Crippen molar-refractivity contribution in [3.63, 3.8) is 0 Å². The molecule has 1 atom stereocenters. The van der Waals surface area contributed by atoms with Crippen molar-refractivity contribution in [3.05, 3.63) is 47.0 Å². The summed E-state index contributed by atoms with van der Waals surface area (Å²) in [7, 11) is 1.64. The second-order valence-corrected chi connectivity index (χ2v) is 5.72. The second-order valence-electron chi connectivity index (χ2n) is 5.72. The van der Waals surface area contributed by atoms with E-state index in [9.17, 15) is 4.79 Å². The van der Waals surface area contributed by atoms with Gasteiger partial charge in [0.1, 0.15) is 11.6 Å². The minimum Gasteiger partial charge on any atom is -0.496 e. The number of fused-ring (bicyclic) bond motifs is 1. The first-order chi connectivity index (χ1) is 10.7. The van der Waals surface area contributed by atoms with E-state index in [-0.39, 0.29) is 11.8 Å². The number of imidazole rings is 1. The number of aromatic amines is 1. The van der Waals surface area contributed by atoms with Crippen LogP contribution in [0.1, 0.15) is 29.2 Å². The van der Waals surface area contributed by atoms with E-state index < -0.39 is 0 Å². The van der Waals surface area contributed by atoms with E-state index >= 15 is 0 Å². The van der Waals surface area contributed by atoms with Gasteiger partial charge in [0.2, 0.25) is 5.91 Å². The normalized spacial score (nSPS) is 16.9. The molecule has 1 heterocycles. The van der Waals surface area contributed by atoms with E-state index in [1.54, 1.807) is 7.11 Å². The monoisotopic (exact) mass is 299 g/mol. The minimum absolute atomic E-state index is 0.0158. The molecule has 0 saturated carbocycles. The molecular formula is C17H21N3O2. The largest absolute Gasteiger partial charge is 0.496 e. The molecular weight excluding hydrogens is 278 g/mol. The predicted octanol–water partition coefficient (Wildman–Crippen LogP) is 2.15. The molecule has 1 unspecified atom stereocenters. The van der Waals surface area contributed by atoms with Gasteiger partial charge in [-0.2, -0.15) is 0 Å². The SMILES string of the molecule is COc1ccccc1CNC(=O)C1CCc2nc(C)[nH]c2C1. The highest BCUT2D eigenvalue weighted by Gasteiger charge is 2.26. The smallest absolute Gasteiger partial charge is 0.223 e. The Morgan fingerprint density at radius 2 is 2.27 bits per heavy atom. The number of aryl methyl sites for hydroxylation is 2. The van der Waals surface area contributed by atoms with E-state index in [0.29, 0.717) is 6.54 Å². The van der Waals surface area contributed by atoms with Crippen LogP contribution in [0.5, 0.6) is 5.75 Å². The zero-order valence-corrected chi connectivity index (χ0v) is 13.0. The Labute approximate surface area is 130 Å². The van der Waals surface area contributed by atoms with E-state index in [1.165, 1.54) is 0 Å². The molecule has 1 aromatic heterocycles. The molecule has 0 radical (unpaired) electrons. The van der Waals surface area contributed by atoms with Gasteiger partial charge in [0, 0.05) is 30.1 Å². The lowest BCUT2D eigenvalue weighted by Gasteiger charge is -2.21. The summed E-state index contributed by atoms with van der Waals surface area (Å²) in [5.74, 6) is 1.85. The molecule has 0 saturated heterocycles. The third kappa shape index (κ3) is 2.98. The van der Waals surface area contributed by atoms with Gasteiger partial charge in [-0.05, 0) is 25.8 Å². The van der Waals surface area contributed by atoms with Crippen LogP contribution in [0.4, 0.5) is 0 Å². The molecule has 1 amide bonds. The zero-order valence-electron chi connectivity index (χ0n) is 13.0. The van der Waals surface area contributed by atoms with Crippen LogP contribution in [0.3, 0.4) is 0 Å². The van der Waals surface area contributed by atoms with Crippen LogP contribution >= 0.6 is 0 Å². The Morgan fingerprint density at radius 1 is 1.45 bits per heavy atom. The predicted molar refractivity (Wildman–Crippen MR) is 83.7 cm³/mol. The second kappa shape index (κ2) is 6.22. The fraction of sp³-hybridized carbons (Fsp3) is 0.412. The van der Waals surface area contributed by atoms with Crippen LogP contribution < -0.4 is 10.1 Å². The number of carbonyl (C=O) groups excluding carboxylic acids is 1. The van der Waals surface area contributed by atoms with Gasteiger partial charge >= 0.3 is 0 Å². The van der Waals surface area contributed by atoms with Gasteiger partial charge in [0.25, 0.3) is 0 Å². The number of para-hydroxylation sites is 1. The average molecular weight is 299 g/mol. The van der Waals surface area contributed by atoms with Crippen LogP contribution in [0.15, 0.2) is 24.3 Å². The first-order valence-electron chi connectivity index (χ1n) is 7.61. The molecule has 116 valence electrons. The first kappa shape index (κ1) is 14.6. The first-order valence-corrected chi connectivity index (χ1v) is 7.61. The number of rotatable bonds is 4. The fourth-order valence-electron chi connectivity index (χ4n) is 3.02. The summed E-state index contributed by atoms with van der Waals surface area (Å²) in [5, 5.41) is 3.03. The lowest BCUT2D eigenvalue weighted by atomic mass is 9.89. The van der Waals surface area contributed by atoms with Crippen molar-refractivity contribution in [2.45, 2.75) is 32.7 Å². The number of benzene rings is 1. The van der Waals surface area contributed by atoms with E-state index in [0.717, 1.165) is 47.8 Å². The van der Waals surface area contributed by atoms with Crippen LogP contribution in [0.2, 0.25) is 0 Å². The number of H-pyrrole nitrogens is 1. The highest BCUT2D eigenvalue weighted by Crippen LogP contribution is 2.24. The average Bonchev–Trinajstić information content (AvgIpc) is 2.91. The van der Waals surface area contributed by atoms with Crippen LogP contribution in [0.25, 0.3) is 0 Å². The Hall–Kier alpha value is -2.30. The number of ether oxygens (including phenoxy) is 1. The highest BCUT2D eigenvalue weighted by molar-refractivity contribution is 5.79.